The highest BCUT2D eigenvalue weighted by Crippen LogP contribution is 2.26. The first-order chi connectivity index (χ1) is 6.50. The number of thiazole rings is 1. The predicted molar refractivity (Wildman–Crippen MR) is 54.2 cm³/mol. The molecule has 0 saturated carbocycles. The molecule has 0 fully saturated rings. The third-order valence-electron chi connectivity index (χ3n) is 1.98. The van der Waals surface area contributed by atoms with Crippen molar-refractivity contribution in [3.8, 4) is 0 Å². The summed E-state index contributed by atoms with van der Waals surface area (Å²) < 4.78 is 31.7. The van der Waals surface area contributed by atoms with E-state index >= 15 is 0 Å². The molecule has 2 rings (SSSR count). The van der Waals surface area contributed by atoms with Gasteiger partial charge in [-0.2, -0.15) is 8.42 Å². The van der Waals surface area contributed by atoms with Gasteiger partial charge in [-0.15, -0.1) is 11.3 Å². The number of nitrogens with zero attached hydrogens (tertiary/aromatic N) is 1. The van der Waals surface area contributed by atoms with Gasteiger partial charge >= 0.3 is 0 Å². The highest BCUT2D eigenvalue weighted by molar-refractivity contribution is 7.85. The molecule has 0 aliphatic carbocycles. The number of aryl methyl sites for hydroxylation is 1. The number of aromatic nitrogens is 1. The third kappa shape index (κ3) is 1.41. The van der Waals surface area contributed by atoms with Crippen LogP contribution < -0.4 is 0 Å². The minimum Gasteiger partial charge on any atom is -0.282 e. The second kappa shape index (κ2) is 3.01. The van der Waals surface area contributed by atoms with E-state index in [1.807, 2.05) is 0 Å². The van der Waals surface area contributed by atoms with E-state index in [1.54, 1.807) is 18.5 Å². The molecule has 0 amide bonds. The maximum Gasteiger partial charge on any atom is 0.294 e. The standard InChI is InChI=1S/C8H7NO3S2/c1-5-7(14(10,11)12)3-2-6-8(5)9-4-13-6/h2-4H,1H3,(H,10,11,12). The number of hydrogen-bond acceptors (Lipinski definition) is 4. The van der Waals surface area contributed by atoms with Crippen LogP contribution in [0.15, 0.2) is 22.5 Å². The third-order valence-corrected chi connectivity index (χ3v) is 3.78. The predicted octanol–water partition coefficient (Wildman–Crippen LogP) is 1.85. The molecule has 6 heteroatoms. The van der Waals surface area contributed by atoms with Crippen molar-refractivity contribution in [1.29, 1.82) is 0 Å². The van der Waals surface area contributed by atoms with Crippen LogP contribution in [0.2, 0.25) is 0 Å². The Hall–Kier alpha value is -0.980. The Labute approximate surface area is 85.0 Å². The second-order valence-corrected chi connectivity index (χ2v) is 5.14. The summed E-state index contributed by atoms with van der Waals surface area (Å²) in [6.45, 7) is 1.63. The molecule has 1 aromatic heterocycles. The average molecular weight is 229 g/mol. The summed E-state index contributed by atoms with van der Waals surface area (Å²) in [6, 6.07) is 3.04. The number of benzene rings is 1. The molecule has 1 heterocycles. The van der Waals surface area contributed by atoms with Gasteiger partial charge in [-0.1, -0.05) is 0 Å². The van der Waals surface area contributed by atoms with Crippen LogP contribution in [0.3, 0.4) is 0 Å². The van der Waals surface area contributed by atoms with Gasteiger partial charge in [-0.05, 0) is 24.6 Å². The van der Waals surface area contributed by atoms with E-state index in [-0.39, 0.29) is 4.90 Å². The van der Waals surface area contributed by atoms with Crippen LogP contribution in [0.4, 0.5) is 0 Å². The molecular weight excluding hydrogens is 222 g/mol. The summed E-state index contributed by atoms with van der Waals surface area (Å²) in [5.74, 6) is 0. The van der Waals surface area contributed by atoms with Gasteiger partial charge in [0.2, 0.25) is 0 Å². The van der Waals surface area contributed by atoms with Crippen molar-refractivity contribution < 1.29 is 13.0 Å². The Balaban J connectivity index is 2.88. The van der Waals surface area contributed by atoms with Crippen molar-refractivity contribution in [3.05, 3.63) is 23.2 Å². The Morgan fingerprint density at radius 2 is 2.14 bits per heavy atom. The fourth-order valence-corrected chi connectivity index (χ4v) is 2.79. The molecular formula is C8H7NO3S2. The van der Waals surface area contributed by atoms with Crippen LogP contribution in [-0.2, 0) is 10.1 Å². The van der Waals surface area contributed by atoms with Gasteiger partial charge in [-0.3, -0.25) is 4.55 Å². The van der Waals surface area contributed by atoms with Crippen molar-refractivity contribution in [1.82, 2.24) is 4.98 Å². The molecule has 0 atom stereocenters. The molecule has 0 unspecified atom stereocenters. The first-order valence-electron chi connectivity index (χ1n) is 3.80. The minimum absolute atomic E-state index is 0.0732. The monoisotopic (exact) mass is 229 g/mol. The lowest BCUT2D eigenvalue weighted by molar-refractivity contribution is 0.482. The zero-order chi connectivity index (χ0) is 10.3. The summed E-state index contributed by atoms with van der Waals surface area (Å²) in [4.78, 5) is 3.96. The van der Waals surface area contributed by atoms with Crippen LogP contribution in [0.5, 0.6) is 0 Å². The molecule has 2 aromatic rings. The van der Waals surface area contributed by atoms with E-state index in [0.29, 0.717) is 11.1 Å². The minimum atomic E-state index is -4.14. The van der Waals surface area contributed by atoms with Crippen LogP contribution in [0.1, 0.15) is 5.56 Å². The quantitative estimate of drug-likeness (QED) is 0.758. The molecule has 1 aromatic carbocycles. The van der Waals surface area contributed by atoms with E-state index in [1.165, 1.54) is 17.4 Å². The number of hydrogen-bond donors (Lipinski definition) is 1. The fraction of sp³-hybridized carbons (Fsp3) is 0.125. The normalized spacial score (nSPS) is 12.1. The fourth-order valence-electron chi connectivity index (χ4n) is 1.33. The van der Waals surface area contributed by atoms with Crippen molar-refractivity contribution in [2.24, 2.45) is 0 Å². The molecule has 4 nitrogen and oxygen atoms in total. The van der Waals surface area contributed by atoms with Crippen LogP contribution in [0, 0.1) is 6.92 Å². The molecule has 14 heavy (non-hydrogen) atoms. The molecule has 0 saturated heterocycles. The lowest BCUT2D eigenvalue weighted by Crippen LogP contribution is -2.00. The Morgan fingerprint density at radius 3 is 2.79 bits per heavy atom. The Kier molecular flexibility index (Phi) is 2.06. The van der Waals surface area contributed by atoms with Gasteiger partial charge in [0, 0.05) is 0 Å². The van der Waals surface area contributed by atoms with Crippen molar-refractivity contribution in [3.63, 3.8) is 0 Å². The van der Waals surface area contributed by atoms with Gasteiger partial charge in [0.25, 0.3) is 10.1 Å². The lowest BCUT2D eigenvalue weighted by Gasteiger charge is -2.01. The Morgan fingerprint density at radius 1 is 1.43 bits per heavy atom. The molecule has 0 aliphatic heterocycles. The molecule has 0 spiro atoms. The number of fused-ring (bicyclic) bond motifs is 1. The highest BCUT2D eigenvalue weighted by atomic mass is 32.2. The summed E-state index contributed by atoms with van der Waals surface area (Å²) in [5, 5.41) is 0. The molecule has 1 N–H and O–H groups in total. The first kappa shape index (κ1) is 9.57. The molecule has 74 valence electrons. The first-order valence-corrected chi connectivity index (χ1v) is 6.12. The highest BCUT2D eigenvalue weighted by Gasteiger charge is 2.15. The van der Waals surface area contributed by atoms with E-state index in [0.717, 1.165) is 4.70 Å². The maximum atomic E-state index is 11.0. The van der Waals surface area contributed by atoms with E-state index < -0.39 is 10.1 Å². The molecule has 0 aliphatic rings. The molecule has 0 radical (unpaired) electrons. The van der Waals surface area contributed by atoms with Gasteiger partial charge in [0.05, 0.1) is 20.6 Å². The smallest absolute Gasteiger partial charge is 0.282 e. The zero-order valence-corrected chi connectivity index (χ0v) is 8.89. The van der Waals surface area contributed by atoms with E-state index in [2.05, 4.69) is 4.98 Å². The van der Waals surface area contributed by atoms with Crippen molar-refractivity contribution in [2.45, 2.75) is 11.8 Å². The van der Waals surface area contributed by atoms with Gasteiger partial charge < -0.3 is 0 Å². The van der Waals surface area contributed by atoms with E-state index in [4.69, 9.17) is 4.55 Å². The summed E-state index contributed by atoms with van der Waals surface area (Å²) in [5.41, 5.74) is 2.77. The van der Waals surface area contributed by atoms with Crippen molar-refractivity contribution in [2.75, 3.05) is 0 Å². The largest absolute Gasteiger partial charge is 0.294 e. The van der Waals surface area contributed by atoms with E-state index in [9.17, 15) is 8.42 Å². The SMILES string of the molecule is Cc1c(S(=O)(=O)O)ccc2scnc12. The van der Waals surface area contributed by atoms with Gasteiger partial charge in [0.15, 0.2) is 0 Å². The zero-order valence-electron chi connectivity index (χ0n) is 7.26. The second-order valence-electron chi connectivity index (χ2n) is 2.86. The summed E-state index contributed by atoms with van der Waals surface area (Å²) in [7, 11) is -4.14. The summed E-state index contributed by atoms with van der Waals surface area (Å²) in [6.07, 6.45) is 0. The van der Waals surface area contributed by atoms with Gasteiger partial charge in [0.1, 0.15) is 0 Å². The topological polar surface area (TPSA) is 67.3 Å². The number of rotatable bonds is 1. The Bertz CT molecular complexity index is 586. The van der Waals surface area contributed by atoms with Crippen LogP contribution in [-0.4, -0.2) is 18.0 Å². The summed E-state index contributed by atoms with van der Waals surface area (Å²) >= 11 is 1.43. The van der Waals surface area contributed by atoms with Crippen molar-refractivity contribution >= 4 is 31.7 Å². The lowest BCUT2D eigenvalue weighted by atomic mass is 10.2. The maximum absolute atomic E-state index is 11.0. The molecule has 0 bridgehead atoms. The average Bonchev–Trinajstić information content (AvgIpc) is 2.50. The van der Waals surface area contributed by atoms with Crippen LogP contribution >= 0.6 is 11.3 Å². The van der Waals surface area contributed by atoms with Gasteiger partial charge in [-0.25, -0.2) is 4.98 Å². The van der Waals surface area contributed by atoms with Crippen LogP contribution in [0.25, 0.3) is 10.2 Å².